The predicted octanol–water partition coefficient (Wildman–Crippen LogP) is 4.28. The lowest BCUT2D eigenvalue weighted by Gasteiger charge is -2.38. The number of hydrogen-bond acceptors (Lipinski definition) is 2. The summed E-state index contributed by atoms with van der Waals surface area (Å²) in [5.41, 5.74) is 3.21. The minimum absolute atomic E-state index is 0.817. The summed E-state index contributed by atoms with van der Waals surface area (Å²) in [7, 11) is 0. The fraction of sp³-hybridized carbons (Fsp3) is 0.111. The lowest BCUT2D eigenvalue weighted by atomic mass is 9.96. The van der Waals surface area contributed by atoms with Crippen molar-refractivity contribution in [3.8, 4) is 11.5 Å². The van der Waals surface area contributed by atoms with Gasteiger partial charge in [0, 0.05) is 22.8 Å². The van der Waals surface area contributed by atoms with Crippen LogP contribution in [0.1, 0.15) is 18.1 Å². The number of benzene rings is 2. The average Bonchev–Trinajstić information content (AvgIpc) is 2.48. The molecule has 2 heterocycles. The first kappa shape index (κ1) is 11.4. The van der Waals surface area contributed by atoms with Crippen LogP contribution in [0.15, 0.2) is 60.2 Å². The first-order valence-electron chi connectivity index (χ1n) is 6.71. The van der Waals surface area contributed by atoms with Crippen molar-refractivity contribution in [3.05, 3.63) is 71.3 Å². The van der Waals surface area contributed by atoms with E-state index in [0.717, 1.165) is 28.2 Å². The number of fused-ring (bicyclic) bond motifs is 2. The third-order valence-electron chi connectivity index (χ3n) is 3.77. The quantitative estimate of drug-likeness (QED) is 0.705. The molecule has 2 nitrogen and oxygen atoms in total. The third-order valence-corrected chi connectivity index (χ3v) is 3.77. The second-order valence-electron chi connectivity index (χ2n) is 5.11. The van der Waals surface area contributed by atoms with Gasteiger partial charge in [0.05, 0.1) is 0 Å². The first-order chi connectivity index (χ1) is 9.77. The summed E-state index contributed by atoms with van der Waals surface area (Å²) in [6, 6.07) is 16.0. The largest absolute Gasteiger partial charge is 0.444 e. The minimum atomic E-state index is -0.817. The van der Waals surface area contributed by atoms with Crippen molar-refractivity contribution in [2.75, 3.05) is 0 Å². The number of rotatable bonds is 0. The van der Waals surface area contributed by atoms with E-state index in [4.69, 9.17) is 9.47 Å². The molecule has 2 aliphatic rings. The van der Waals surface area contributed by atoms with Gasteiger partial charge in [0.2, 0.25) is 0 Å². The highest BCUT2D eigenvalue weighted by Crippen LogP contribution is 2.41. The summed E-state index contributed by atoms with van der Waals surface area (Å²) in [4.78, 5) is 0. The van der Waals surface area contributed by atoms with Gasteiger partial charge in [-0.15, -0.1) is 0 Å². The third kappa shape index (κ3) is 1.58. The van der Waals surface area contributed by atoms with Crippen LogP contribution < -0.4 is 9.47 Å². The second kappa shape index (κ2) is 4.01. The average molecular weight is 262 g/mol. The molecule has 2 aliphatic heterocycles. The molecule has 1 spiro atoms. The number of para-hydroxylation sites is 2. The maximum atomic E-state index is 6.15. The lowest BCUT2D eigenvalue weighted by molar-refractivity contribution is -0.0411. The molecule has 0 saturated carbocycles. The van der Waals surface area contributed by atoms with Crippen molar-refractivity contribution >= 4 is 12.2 Å². The monoisotopic (exact) mass is 262 g/mol. The van der Waals surface area contributed by atoms with Crippen molar-refractivity contribution in [1.82, 2.24) is 0 Å². The Morgan fingerprint density at radius 1 is 0.800 bits per heavy atom. The predicted molar refractivity (Wildman–Crippen MR) is 79.6 cm³/mol. The fourth-order valence-electron chi connectivity index (χ4n) is 2.65. The molecule has 0 fully saturated rings. The molecule has 2 heteroatoms. The molecule has 2 aromatic carbocycles. The molecule has 20 heavy (non-hydrogen) atoms. The summed E-state index contributed by atoms with van der Waals surface area (Å²) in [5, 5.41) is 0. The molecule has 1 unspecified atom stereocenters. The van der Waals surface area contributed by atoms with Crippen LogP contribution in [0.4, 0.5) is 0 Å². The Morgan fingerprint density at radius 2 is 1.40 bits per heavy atom. The van der Waals surface area contributed by atoms with Crippen molar-refractivity contribution in [2.45, 2.75) is 12.7 Å². The van der Waals surface area contributed by atoms with E-state index in [1.54, 1.807) is 0 Å². The Hall–Kier alpha value is -2.48. The maximum absolute atomic E-state index is 6.15. The normalized spacial score (nSPS) is 22.4. The topological polar surface area (TPSA) is 18.5 Å². The van der Waals surface area contributed by atoms with E-state index in [0.29, 0.717) is 0 Å². The van der Waals surface area contributed by atoms with Gasteiger partial charge < -0.3 is 9.47 Å². The Kier molecular flexibility index (Phi) is 2.27. The molecule has 0 radical (unpaired) electrons. The molecule has 1 atom stereocenters. The van der Waals surface area contributed by atoms with Crippen molar-refractivity contribution in [2.24, 2.45) is 0 Å². The van der Waals surface area contributed by atoms with E-state index in [1.165, 1.54) is 0 Å². The Morgan fingerprint density at radius 3 is 2.15 bits per heavy atom. The summed E-state index contributed by atoms with van der Waals surface area (Å²) in [6.45, 7) is 2.04. The van der Waals surface area contributed by atoms with Gasteiger partial charge in [-0.25, -0.2) is 0 Å². The van der Waals surface area contributed by atoms with Gasteiger partial charge in [0.25, 0.3) is 5.79 Å². The molecule has 0 aromatic heterocycles. The van der Waals surface area contributed by atoms with Gasteiger partial charge in [-0.05, 0) is 31.2 Å². The van der Waals surface area contributed by atoms with E-state index in [2.05, 4.69) is 12.2 Å². The summed E-state index contributed by atoms with van der Waals surface area (Å²) in [5.74, 6) is 0.882. The molecule has 0 N–H and O–H groups in total. The van der Waals surface area contributed by atoms with Gasteiger partial charge in [-0.3, -0.25) is 0 Å². The van der Waals surface area contributed by atoms with Crippen LogP contribution in [0.2, 0.25) is 0 Å². The highest BCUT2D eigenvalue weighted by atomic mass is 16.7. The Balaban J connectivity index is 1.82. The van der Waals surface area contributed by atoms with Crippen LogP contribution >= 0.6 is 0 Å². The van der Waals surface area contributed by atoms with Gasteiger partial charge >= 0.3 is 0 Å². The van der Waals surface area contributed by atoms with Gasteiger partial charge in [0.1, 0.15) is 11.5 Å². The van der Waals surface area contributed by atoms with Crippen LogP contribution in [-0.2, 0) is 0 Å². The summed E-state index contributed by atoms with van der Waals surface area (Å²) < 4.78 is 12.3. The van der Waals surface area contributed by atoms with E-state index < -0.39 is 5.79 Å². The van der Waals surface area contributed by atoms with Gasteiger partial charge in [-0.1, -0.05) is 36.4 Å². The van der Waals surface area contributed by atoms with Gasteiger partial charge in [-0.2, -0.15) is 0 Å². The van der Waals surface area contributed by atoms with Crippen LogP contribution in [-0.4, -0.2) is 5.79 Å². The highest BCUT2D eigenvalue weighted by Gasteiger charge is 2.39. The zero-order chi connectivity index (χ0) is 13.6. The molecule has 2 aromatic rings. The van der Waals surface area contributed by atoms with Crippen LogP contribution in [0.3, 0.4) is 0 Å². The SMILES string of the molecule is CC1=Cc2ccccc2OC12C=Cc1ccccc1O2. The molecular weight excluding hydrogens is 248 g/mol. The molecule has 98 valence electrons. The Bertz CT molecular complexity index is 739. The van der Waals surface area contributed by atoms with Gasteiger partial charge in [0.15, 0.2) is 0 Å². The molecule has 4 rings (SSSR count). The number of ether oxygens (including phenoxy) is 2. The van der Waals surface area contributed by atoms with Crippen LogP contribution in [0, 0.1) is 0 Å². The Labute approximate surface area is 118 Å². The van der Waals surface area contributed by atoms with E-state index in [1.807, 2.05) is 61.5 Å². The molecule has 0 bridgehead atoms. The highest BCUT2D eigenvalue weighted by molar-refractivity contribution is 5.68. The van der Waals surface area contributed by atoms with Crippen LogP contribution in [0.25, 0.3) is 12.2 Å². The molecule has 0 saturated heterocycles. The van der Waals surface area contributed by atoms with E-state index in [9.17, 15) is 0 Å². The second-order valence-corrected chi connectivity index (χ2v) is 5.11. The van der Waals surface area contributed by atoms with E-state index >= 15 is 0 Å². The van der Waals surface area contributed by atoms with E-state index in [-0.39, 0.29) is 0 Å². The zero-order valence-electron chi connectivity index (χ0n) is 11.2. The summed E-state index contributed by atoms with van der Waals surface area (Å²) >= 11 is 0. The fourth-order valence-corrected chi connectivity index (χ4v) is 2.65. The van der Waals surface area contributed by atoms with Crippen molar-refractivity contribution in [3.63, 3.8) is 0 Å². The minimum Gasteiger partial charge on any atom is -0.444 e. The van der Waals surface area contributed by atoms with Crippen molar-refractivity contribution in [1.29, 1.82) is 0 Å². The number of hydrogen-bond donors (Lipinski definition) is 0. The molecule has 0 amide bonds. The maximum Gasteiger partial charge on any atom is 0.294 e. The first-order valence-corrected chi connectivity index (χ1v) is 6.71. The van der Waals surface area contributed by atoms with Crippen LogP contribution in [0.5, 0.6) is 11.5 Å². The standard InChI is InChI=1S/C18H14O2/c1-13-12-15-7-3-5-9-17(15)20-18(13)11-10-14-6-2-4-8-16(14)19-18/h2-12H,1H3. The zero-order valence-corrected chi connectivity index (χ0v) is 11.2. The molecular formula is C18H14O2. The summed E-state index contributed by atoms with van der Waals surface area (Å²) in [6.07, 6.45) is 6.16. The smallest absolute Gasteiger partial charge is 0.294 e. The molecule has 0 aliphatic carbocycles. The van der Waals surface area contributed by atoms with Crippen molar-refractivity contribution < 1.29 is 9.47 Å². The lowest BCUT2D eigenvalue weighted by Crippen LogP contribution is -2.44.